The van der Waals surface area contributed by atoms with Crippen LogP contribution in [0.5, 0.6) is 11.5 Å². The molecule has 1 aromatic carbocycles. The largest absolute Gasteiger partial charge is 0.454 e. The van der Waals surface area contributed by atoms with Gasteiger partial charge in [0.1, 0.15) is 11.8 Å². The first-order valence-electron chi connectivity index (χ1n) is 5.27. The molecule has 1 heterocycles. The lowest BCUT2D eigenvalue weighted by Gasteiger charge is -2.09. The van der Waals surface area contributed by atoms with Gasteiger partial charge in [-0.3, -0.25) is 4.98 Å². The van der Waals surface area contributed by atoms with Gasteiger partial charge in [-0.2, -0.15) is 10.5 Å². The van der Waals surface area contributed by atoms with E-state index in [0.717, 1.165) is 5.56 Å². The monoisotopic (exact) mass is 235 g/mol. The van der Waals surface area contributed by atoms with Crippen LogP contribution in [-0.4, -0.2) is 4.98 Å². The third-order valence-electron chi connectivity index (χ3n) is 2.44. The maximum atomic E-state index is 8.96. The van der Waals surface area contributed by atoms with E-state index in [2.05, 4.69) is 4.98 Å². The van der Waals surface area contributed by atoms with Crippen molar-refractivity contribution < 1.29 is 4.74 Å². The summed E-state index contributed by atoms with van der Waals surface area (Å²) in [6, 6.07) is 10.8. The van der Waals surface area contributed by atoms with Crippen LogP contribution >= 0.6 is 0 Å². The predicted octanol–water partition coefficient (Wildman–Crippen LogP) is 2.93. The second-order valence-corrected chi connectivity index (χ2v) is 3.68. The second-order valence-electron chi connectivity index (χ2n) is 3.68. The molecular formula is C14H9N3O. The van der Waals surface area contributed by atoms with E-state index in [0.29, 0.717) is 22.6 Å². The fourth-order valence-electron chi connectivity index (χ4n) is 1.45. The highest BCUT2D eigenvalue weighted by Crippen LogP contribution is 2.27. The Balaban J connectivity index is 2.41. The van der Waals surface area contributed by atoms with Gasteiger partial charge in [-0.15, -0.1) is 0 Å². The molecule has 0 fully saturated rings. The minimum absolute atomic E-state index is 0.387. The van der Waals surface area contributed by atoms with Crippen LogP contribution in [0.4, 0.5) is 0 Å². The summed E-state index contributed by atoms with van der Waals surface area (Å²) in [5.41, 5.74) is 1.81. The highest BCUT2D eigenvalue weighted by atomic mass is 16.5. The lowest BCUT2D eigenvalue weighted by atomic mass is 10.1. The van der Waals surface area contributed by atoms with Gasteiger partial charge < -0.3 is 4.74 Å². The van der Waals surface area contributed by atoms with Crippen LogP contribution in [0.2, 0.25) is 0 Å². The first-order chi connectivity index (χ1) is 8.74. The number of ether oxygens (including phenoxy) is 1. The van der Waals surface area contributed by atoms with Gasteiger partial charge >= 0.3 is 0 Å². The first kappa shape index (κ1) is 11.6. The van der Waals surface area contributed by atoms with Gasteiger partial charge in [0.25, 0.3) is 0 Å². The fourth-order valence-corrected chi connectivity index (χ4v) is 1.45. The summed E-state index contributed by atoms with van der Waals surface area (Å²) in [6.07, 6.45) is 3.01. The van der Waals surface area contributed by atoms with Crippen molar-refractivity contribution in [2.75, 3.05) is 0 Å². The highest BCUT2D eigenvalue weighted by molar-refractivity contribution is 5.47. The molecule has 18 heavy (non-hydrogen) atoms. The molecule has 4 nitrogen and oxygen atoms in total. The van der Waals surface area contributed by atoms with Crippen LogP contribution < -0.4 is 4.74 Å². The van der Waals surface area contributed by atoms with Crippen LogP contribution in [0.3, 0.4) is 0 Å². The molecule has 0 atom stereocenters. The molecule has 0 saturated carbocycles. The zero-order chi connectivity index (χ0) is 13.0. The Kier molecular flexibility index (Phi) is 3.22. The van der Waals surface area contributed by atoms with Crippen molar-refractivity contribution in [3.8, 4) is 23.6 Å². The number of pyridine rings is 1. The molecule has 0 unspecified atom stereocenters. The van der Waals surface area contributed by atoms with Crippen molar-refractivity contribution in [2.45, 2.75) is 6.92 Å². The molecule has 1 aromatic heterocycles. The quantitative estimate of drug-likeness (QED) is 0.802. The number of hydrogen-bond donors (Lipinski definition) is 0. The van der Waals surface area contributed by atoms with Crippen molar-refractivity contribution >= 4 is 0 Å². The lowest BCUT2D eigenvalue weighted by molar-refractivity contribution is 0.475. The molecule has 0 saturated heterocycles. The van der Waals surface area contributed by atoms with Gasteiger partial charge in [-0.05, 0) is 30.7 Å². The second kappa shape index (κ2) is 4.99. The summed E-state index contributed by atoms with van der Waals surface area (Å²) in [5, 5.41) is 17.8. The van der Waals surface area contributed by atoms with Gasteiger partial charge in [0.15, 0.2) is 5.75 Å². The van der Waals surface area contributed by atoms with E-state index in [1.54, 1.807) is 24.3 Å². The van der Waals surface area contributed by atoms with Gasteiger partial charge in [0.05, 0.1) is 23.4 Å². The summed E-state index contributed by atoms with van der Waals surface area (Å²) in [6.45, 7) is 1.87. The van der Waals surface area contributed by atoms with E-state index in [4.69, 9.17) is 15.3 Å². The zero-order valence-electron chi connectivity index (χ0n) is 9.71. The van der Waals surface area contributed by atoms with Gasteiger partial charge in [0.2, 0.25) is 0 Å². The summed E-state index contributed by atoms with van der Waals surface area (Å²) < 4.78 is 5.64. The Labute approximate surface area is 105 Å². The van der Waals surface area contributed by atoms with E-state index in [1.807, 2.05) is 19.1 Å². The molecule has 0 radical (unpaired) electrons. The van der Waals surface area contributed by atoms with Crippen LogP contribution in [-0.2, 0) is 0 Å². The lowest BCUT2D eigenvalue weighted by Crippen LogP contribution is -1.92. The Morgan fingerprint density at radius 1 is 1.11 bits per heavy atom. The normalized spacial score (nSPS) is 9.28. The van der Waals surface area contributed by atoms with E-state index in [9.17, 15) is 0 Å². The number of nitrogens with zero attached hydrogens (tertiary/aromatic N) is 3. The smallest absolute Gasteiger partial charge is 0.163 e. The van der Waals surface area contributed by atoms with Gasteiger partial charge in [-0.25, -0.2) is 0 Å². The van der Waals surface area contributed by atoms with Crippen LogP contribution in [0.25, 0.3) is 0 Å². The number of aromatic nitrogens is 1. The van der Waals surface area contributed by atoms with E-state index in [-0.39, 0.29) is 0 Å². The van der Waals surface area contributed by atoms with Crippen molar-refractivity contribution in [1.29, 1.82) is 10.5 Å². The molecule has 0 spiro atoms. The number of aryl methyl sites for hydroxylation is 1. The Morgan fingerprint density at radius 3 is 2.67 bits per heavy atom. The fraction of sp³-hybridized carbons (Fsp3) is 0.0714. The molecule has 4 heteroatoms. The number of hydrogen-bond acceptors (Lipinski definition) is 4. The molecule has 0 bridgehead atoms. The summed E-state index contributed by atoms with van der Waals surface area (Å²) in [7, 11) is 0. The Hall–Kier alpha value is -2.85. The molecule has 86 valence electrons. The molecular weight excluding hydrogens is 226 g/mol. The first-order valence-corrected chi connectivity index (χ1v) is 5.27. The van der Waals surface area contributed by atoms with Crippen LogP contribution in [0, 0.1) is 29.6 Å². The predicted molar refractivity (Wildman–Crippen MR) is 64.9 cm³/mol. The van der Waals surface area contributed by atoms with Crippen molar-refractivity contribution in [1.82, 2.24) is 4.98 Å². The summed E-state index contributed by atoms with van der Waals surface area (Å²) in [5.74, 6) is 0.941. The van der Waals surface area contributed by atoms with Crippen LogP contribution in [0.15, 0.2) is 36.7 Å². The average Bonchev–Trinajstić information content (AvgIpc) is 2.42. The minimum Gasteiger partial charge on any atom is -0.454 e. The number of rotatable bonds is 2. The number of nitriles is 2. The Bertz CT molecular complexity index is 665. The SMILES string of the molecule is Cc1ccc(C#N)cc1Oc1cnccc1C#N. The molecule has 2 rings (SSSR count). The molecule has 0 aliphatic heterocycles. The molecule has 0 N–H and O–H groups in total. The molecule has 0 aliphatic carbocycles. The summed E-state index contributed by atoms with van der Waals surface area (Å²) in [4.78, 5) is 3.92. The molecule has 2 aromatic rings. The standard InChI is InChI=1S/C14H9N3O/c1-10-2-3-11(7-15)6-13(10)18-14-9-17-5-4-12(14)8-16/h2-6,9H,1H3. The van der Waals surface area contributed by atoms with Crippen molar-refractivity contribution in [3.05, 3.63) is 53.3 Å². The number of benzene rings is 1. The van der Waals surface area contributed by atoms with E-state index < -0.39 is 0 Å². The molecule has 0 aliphatic rings. The van der Waals surface area contributed by atoms with E-state index >= 15 is 0 Å². The maximum absolute atomic E-state index is 8.96. The third kappa shape index (κ3) is 2.28. The average molecular weight is 235 g/mol. The highest BCUT2D eigenvalue weighted by Gasteiger charge is 2.07. The zero-order valence-corrected chi connectivity index (χ0v) is 9.71. The maximum Gasteiger partial charge on any atom is 0.163 e. The third-order valence-corrected chi connectivity index (χ3v) is 2.44. The van der Waals surface area contributed by atoms with Crippen molar-refractivity contribution in [2.24, 2.45) is 0 Å². The van der Waals surface area contributed by atoms with Gasteiger partial charge in [-0.1, -0.05) is 6.07 Å². The molecule has 0 amide bonds. The van der Waals surface area contributed by atoms with Crippen LogP contribution in [0.1, 0.15) is 16.7 Å². The van der Waals surface area contributed by atoms with E-state index in [1.165, 1.54) is 12.4 Å². The van der Waals surface area contributed by atoms with Crippen molar-refractivity contribution in [3.63, 3.8) is 0 Å². The topological polar surface area (TPSA) is 69.7 Å². The minimum atomic E-state index is 0.387. The Morgan fingerprint density at radius 2 is 1.94 bits per heavy atom. The van der Waals surface area contributed by atoms with Gasteiger partial charge in [0, 0.05) is 6.20 Å². The summed E-state index contributed by atoms with van der Waals surface area (Å²) >= 11 is 0.